The molecular weight excluding hydrogens is 360 g/mol. The molecule has 3 aliphatic carbocycles. The third kappa shape index (κ3) is 2.85. The highest BCUT2D eigenvalue weighted by atomic mass is 16.5. The highest BCUT2D eigenvalue weighted by Crippen LogP contribution is 2.60. The van der Waals surface area contributed by atoms with Crippen molar-refractivity contribution in [3.63, 3.8) is 0 Å². The molecule has 0 bridgehead atoms. The lowest BCUT2D eigenvalue weighted by atomic mass is 9.67. The predicted octanol–water partition coefficient (Wildman–Crippen LogP) is 4.96. The van der Waals surface area contributed by atoms with Crippen LogP contribution in [0.25, 0.3) is 0 Å². The summed E-state index contributed by atoms with van der Waals surface area (Å²) in [6.45, 7) is 5.48. The fraction of sp³-hybridized carbons (Fsp3) is 0.720. The molecule has 3 atom stereocenters. The average molecular weight is 397 g/mol. The number of nitrogens with zero attached hydrogens (tertiary/aromatic N) is 1. The van der Waals surface area contributed by atoms with Crippen molar-refractivity contribution >= 4 is 5.91 Å². The smallest absolute Gasteiger partial charge is 0.218 e. The Morgan fingerprint density at radius 3 is 2.76 bits per heavy atom. The lowest BCUT2D eigenvalue weighted by molar-refractivity contribution is -0.139. The molecule has 2 fully saturated rings. The number of carbonyl (C=O) groups excluding carboxylic acids is 1. The number of amides is 1. The van der Waals surface area contributed by atoms with E-state index in [0.717, 1.165) is 12.8 Å². The molecule has 0 aromatic rings. The number of hydrogen-bond acceptors (Lipinski definition) is 3. The highest BCUT2D eigenvalue weighted by molar-refractivity contribution is 5.73. The molecule has 5 rings (SSSR count). The lowest BCUT2D eigenvalue weighted by Gasteiger charge is -2.49. The summed E-state index contributed by atoms with van der Waals surface area (Å²) in [5.41, 5.74) is 9.73. The molecular formula is C25H36N2O2. The summed E-state index contributed by atoms with van der Waals surface area (Å²) in [4.78, 5) is 14.2. The SMILES string of the molecule is CC1(C)C2CCCCC2N(CCC(N)=O)C12C=CC1=C(CCC3=C1CCCC3)O2. The molecule has 4 nitrogen and oxygen atoms in total. The maximum absolute atomic E-state index is 11.7. The van der Waals surface area contributed by atoms with E-state index in [9.17, 15) is 4.79 Å². The highest BCUT2D eigenvalue weighted by Gasteiger charge is 2.65. The second-order valence-corrected chi connectivity index (χ2v) is 10.3. The third-order valence-electron chi connectivity index (χ3n) is 8.62. The quantitative estimate of drug-likeness (QED) is 0.733. The fourth-order valence-corrected chi connectivity index (χ4v) is 7.13. The first-order valence-electron chi connectivity index (χ1n) is 11.8. The van der Waals surface area contributed by atoms with E-state index in [1.807, 2.05) is 0 Å². The van der Waals surface area contributed by atoms with Crippen LogP contribution in [0.15, 0.2) is 34.6 Å². The van der Waals surface area contributed by atoms with Crippen LogP contribution < -0.4 is 5.73 Å². The van der Waals surface area contributed by atoms with Gasteiger partial charge in [-0.1, -0.05) is 32.3 Å². The molecule has 2 N–H and O–H groups in total. The van der Waals surface area contributed by atoms with Crippen LogP contribution in [-0.4, -0.2) is 29.1 Å². The number of primary amides is 1. The van der Waals surface area contributed by atoms with E-state index in [-0.39, 0.29) is 11.3 Å². The molecule has 0 radical (unpaired) electrons. The van der Waals surface area contributed by atoms with Crippen molar-refractivity contribution in [2.75, 3.05) is 6.54 Å². The van der Waals surface area contributed by atoms with Gasteiger partial charge >= 0.3 is 0 Å². The van der Waals surface area contributed by atoms with Crippen LogP contribution in [0.5, 0.6) is 0 Å². The predicted molar refractivity (Wildman–Crippen MR) is 115 cm³/mol. The van der Waals surface area contributed by atoms with Gasteiger partial charge in [-0.25, -0.2) is 0 Å². The standard InChI is InChI=1S/C25H36N2O2/c1-24(2)20-9-5-6-10-21(20)27(16-14-23(26)28)25(24)15-13-19-18-8-4-3-7-17(18)11-12-22(19)29-25/h13,15,20-21H,3-12,14,16H2,1-2H3,(H2,26,28). The maximum Gasteiger partial charge on any atom is 0.218 e. The minimum atomic E-state index is -0.451. The first-order chi connectivity index (χ1) is 13.9. The van der Waals surface area contributed by atoms with Gasteiger partial charge in [-0.3, -0.25) is 9.69 Å². The van der Waals surface area contributed by atoms with Crippen molar-refractivity contribution in [1.29, 1.82) is 0 Å². The Labute approximate surface area is 175 Å². The number of nitrogens with two attached hydrogens (primary N) is 1. The van der Waals surface area contributed by atoms with E-state index in [0.29, 0.717) is 24.9 Å². The molecule has 1 amide bonds. The summed E-state index contributed by atoms with van der Waals surface area (Å²) in [6.07, 6.45) is 17.5. The Bertz CT molecular complexity index is 806. The van der Waals surface area contributed by atoms with Gasteiger partial charge in [-0.05, 0) is 68.6 Å². The normalized spacial score (nSPS) is 35.9. The third-order valence-corrected chi connectivity index (χ3v) is 8.62. The van der Waals surface area contributed by atoms with Crippen LogP contribution in [0.4, 0.5) is 0 Å². The fourth-order valence-electron chi connectivity index (χ4n) is 7.13. The summed E-state index contributed by atoms with van der Waals surface area (Å²) in [5, 5.41) is 0. The van der Waals surface area contributed by atoms with E-state index in [2.05, 4.69) is 30.9 Å². The molecule has 4 heteroatoms. The topological polar surface area (TPSA) is 55.6 Å². The van der Waals surface area contributed by atoms with Gasteiger partial charge < -0.3 is 10.5 Å². The summed E-state index contributed by atoms with van der Waals surface area (Å²) in [6, 6.07) is 0.484. The molecule has 158 valence electrons. The Balaban J connectivity index is 1.54. The summed E-state index contributed by atoms with van der Waals surface area (Å²) in [5.74, 6) is 1.58. The first-order valence-corrected chi connectivity index (χ1v) is 11.8. The zero-order chi connectivity index (χ0) is 20.2. The maximum atomic E-state index is 11.7. The number of hydrogen-bond donors (Lipinski definition) is 1. The Morgan fingerprint density at radius 2 is 1.93 bits per heavy atom. The van der Waals surface area contributed by atoms with Crippen molar-refractivity contribution in [1.82, 2.24) is 4.90 Å². The minimum Gasteiger partial charge on any atom is -0.472 e. The second kappa shape index (κ2) is 7.01. The Kier molecular flexibility index (Phi) is 4.69. The van der Waals surface area contributed by atoms with Crippen molar-refractivity contribution < 1.29 is 9.53 Å². The van der Waals surface area contributed by atoms with Gasteiger partial charge in [-0.15, -0.1) is 0 Å². The van der Waals surface area contributed by atoms with E-state index >= 15 is 0 Å². The van der Waals surface area contributed by atoms with Crippen LogP contribution in [0, 0.1) is 11.3 Å². The van der Waals surface area contributed by atoms with Crippen molar-refractivity contribution in [2.45, 2.75) is 96.2 Å². The first kappa shape index (κ1) is 19.4. The zero-order valence-electron chi connectivity index (χ0n) is 18.1. The molecule has 1 saturated heterocycles. The van der Waals surface area contributed by atoms with Crippen molar-refractivity contribution in [3.8, 4) is 0 Å². The molecule has 2 aliphatic heterocycles. The van der Waals surface area contributed by atoms with E-state index < -0.39 is 5.72 Å². The zero-order valence-corrected chi connectivity index (χ0v) is 18.1. The minimum absolute atomic E-state index is 0.00594. The van der Waals surface area contributed by atoms with Gasteiger partial charge in [0.05, 0.1) is 0 Å². The van der Waals surface area contributed by atoms with Crippen LogP contribution in [0.2, 0.25) is 0 Å². The monoisotopic (exact) mass is 396 g/mol. The average Bonchev–Trinajstić information content (AvgIpc) is 2.90. The largest absolute Gasteiger partial charge is 0.472 e. The molecule has 1 saturated carbocycles. The van der Waals surface area contributed by atoms with Gasteiger partial charge in [0.1, 0.15) is 5.76 Å². The number of ether oxygens (including phenoxy) is 1. The molecule has 29 heavy (non-hydrogen) atoms. The van der Waals surface area contributed by atoms with Gasteiger partial charge in [0, 0.05) is 36.4 Å². The molecule has 2 heterocycles. The molecule has 5 aliphatic rings. The van der Waals surface area contributed by atoms with Gasteiger partial charge in [0.15, 0.2) is 5.72 Å². The number of carbonyl (C=O) groups is 1. The number of rotatable bonds is 3. The lowest BCUT2D eigenvalue weighted by Crippen LogP contribution is -2.55. The molecule has 0 aromatic heterocycles. The summed E-state index contributed by atoms with van der Waals surface area (Å²) < 4.78 is 7.07. The van der Waals surface area contributed by atoms with Gasteiger partial charge in [0.2, 0.25) is 5.91 Å². The van der Waals surface area contributed by atoms with Crippen molar-refractivity contribution in [3.05, 3.63) is 34.6 Å². The van der Waals surface area contributed by atoms with E-state index in [1.165, 1.54) is 62.7 Å². The second-order valence-electron chi connectivity index (χ2n) is 10.3. The molecule has 3 unspecified atom stereocenters. The number of likely N-dealkylation sites (tertiary alicyclic amines) is 1. The van der Waals surface area contributed by atoms with Crippen LogP contribution >= 0.6 is 0 Å². The molecule has 1 spiro atoms. The van der Waals surface area contributed by atoms with E-state index in [4.69, 9.17) is 10.5 Å². The van der Waals surface area contributed by atoms with Crippen LogP contribution in [-0.2, 0) is 9.53 Å². The van der Waals surface area contributed by atoms with Crippen LogP contribution in [0.1, 0.15) is 84.5 Å². The van der Waals surface area contributed by atoms with Gasteiger partial charge in [-0.2, -0.15) is 0 Å². The Hall–Kier alpha value is -1.55. The summed E-state index contributed by atoms with van der Waals surface area (Å²) >= 11 is 0. The number of allylic oxidation sites excluding steroid dienone is 5. The van der Waals surface area contributed by atoms with Crippen LogP contribution in [0.3, 0.4) is 0 Å². The Morgan fingerprint density at radius 1 is 1.14 bits per heavy atom. The van der Waals surface area contributed by atoms with Gasteiger partial charge in [0.25, 0.3) is 0 Å². The molecule has 0 aromatic carbocycles. The van der Waals surface area contributed by atoms with Crippen molar-refractivity contribution in [2.24, 2.45) is 17.1 Å². The summed E-state index contributed by atoms with van der Waals surface area (Å²) in [7, 11) is 0. The van der Waals surface area contributed by atoms with E-state index in [1.54, 1.807) is 11.1 Å². The number of fused-ring (bicyclic) bond motifs is 2.